The number of hydrogen-bond donors (Lipinski definition) is 1. The standard InChI is InChI=1S/C28H30N2O4S/c1-17(2)34-16-10-15-30-23(21-14-9-8-11-18(21)3)22(25(32)28(30)33)24(31)26-19(4)29-27(35-26)20-12-6-5-7-13-20/h5-9,11-14,17,23,32H,10,15-16H2,1-4H3. The van der Waals surface area contributed by atoms with Crippen molar-refractivity contribution in [2.45, 2.75) is 46.3 Å². The van der Waals surface area contributed by atoms with Crippen molar-refractivity contribution < 1.29 is 19.4 Å². The summed E-state index contributed by atoms with van der Waals surface area (Å²) < 4.78 is 5.64. The van der Waals surface area contributed by atoms with Crippen LogP contribution in [0.3, 0.4) is 0 Å². The highest BCUT2D eigenvalue weighted by Gasteiger charge is 2.44. The number of ketones is 1. The fraction of sp³-hybridized carbons (Fsp3) is 0.321. The lowest BCUT2D eigenvalue weighted by molar-refractivity contribution is -0.129. The molecule has 0 aliphatic carbocycles. The van der Waals surface area contributed by atoms with Gasteiger partial charge in [-0.1, -0.05) is 54.6 Å². The number of aromatic nitrogens is 1. The van der Waals surface area contributed by atoms with Gasteiger partial charge in [0.25, 0.3) is 5.91 Å². The second-order valence-electron chi connectivity index (χ2n) is 8.92. The van der Waals surface area contributed by atoms with E-state index < -0.39 is 17.7 Å². The molecular formula is C28H30N2O4S. The third-order valence-corrected chi connectivity index (χ3v) is 7.25. The molecule has 182 valence electrons. The second kappa shape index (κ2) is 10.5. The van der Waals surface area contributed by atoms with Crippen LogP contribution in [0.2, 0.25) is 0 Å². The lowest BCUT2D eigenvalue weighted by Crippen LogP contribution is -2.33. The van der Waals surface area contributed by atoms with Crippen LogP contribution in [0.15, 0.2) is 65.9 Å². The van der Waals surface area contributed by atoms with E-state index in [0.717, 1.165) is 21.7 Å². The third-order valence-electron chi connectivity index (χ3n) is 6.05. The van der Waals surface area contributed by atoms with E-state index in [4.69, 9.17) is 4.74 Å². The number of aryl methyl sites for hydroxylation is 2. The second-order valence-corrected chi connectivity index (χ2v) is 9.92. The Morgan fingerprint density at radius 1 is 1.11 bits per heavy atom. The molecule has 1 unspecified atom stereocenters. The molecule has 0 saturated heterocycles. The number of aliphatic hydroxyl groups is 1. The highest BCUT2D eigenvalue weighted by atomic mass is 32.1. The Labute approximate surface area is 209 Å². The number of hydrogen-bond acceptors (Lipinski definition) is 6. The predicted octanol–water partition coefficient (Wildman–Crippen LogP) is 5.82. The van der Waals surface area contributed by atoms with E-state index in [0.29, 0.717) is 30.1 Å². The maximum Gasteiger partial charge on any atom is 0.290 e. The molecule has 1 aliphatic heterocycles. The fourth-order valence-corrected chi connectivity index (χ4v) is 5.35. The van der Waals surface area contributed by atoms with Gasteiger partial charge >= 0.3 is 0 Å². The summed E-state index contributed by atoms with van der Waals surface area (Å²) >= 11 is 1.28. The van der Waals surface area contributed by atoms with E-state index in [1.165, 1.54) is 11.3 Å². The number of carbonyl (C=O) groups is 2. The van der Waals surface area contributed by atoms with Crippen molar-refractivity contribution >= 4 is 23.0 Å². The van der Waals surface area contributed by atoms with Gasteiger partial charge in [0.05, 0.1) is 28.3 Å². The number of nitrogens with zero attached hydrogens (tertiary/aromatic N) is 2. The van der Waals surface area contributed by atoms with Gasteiger partial charge in [0, 0.05) is 18.7 Å². The lowest BCUT2D eigenvalue weighted by Gasteiger charge is -2.28. The lowest BCUT2D eigenvalue weighted by atomic mass is 9.92. The predicted molar refractivity (Wildman–Crippen MR) is 138 cm³/mol. The molecule has 0 saturated carbocycles. The number of carbonyl (C=O) groups excluding carboxylic acids is 2. The molecule has 1 N–H and O–H groups in total. The molecule has 3 aromatic rings. The van der Waals surface area contributed by atoms with Gasteiger partial charge < -0.3 is 14.7 Å². The molecule has 35 heavy (non-hydrogen) atoms. The van der Waals surface area contributed by atoms with E-state index in [1.807, 2.05) is 75.4 Å². The zero-order chi connectivity index (χ0) is 25.1. The highest BCUT2D eigenvalue weighted by Crippen LogP contribution is 2.41. The molecule has 1 aromatic heterocycles. The van der Waals surface area contributed by atoms with Crippen molar-refractivity contribution in [3.05, 3.63) is 87.6 Å². The molecule has 1 aliphatic rings. The summed E-state index contributed by atoms with van der Waals surface area (Å²) in [6.45, 7) is 8.50. The average molecular weight is 491 g/mol. The normalized spacial score (nSPS) is 16.0. The van der Waals surface area contributed by atoms with E-state index in [1.54, 1.807) is 11.8 Å². The Balaban J connectivity index is 1.72. The maximum atomic E-state index is 13.9. The van der Waals surface area contributed by atoms with Crippen LogP contribution in [-0.2, 0) is 9.53 Å². The van der Waals surface area contributed by atoms with Gasteiger partial charge in [-0.2, -0.15) is 0 Å². The summed E-state index contributed by atoms with van der Waals surface area (Å²) in [6, 6.07) is 16.6. The number of aliphatic hydroxyl groups excluding tert-OH is 1. The zero-order valence-electron chi connectivity index (χ0n) is 20.4. The molecule has 0 fully saturated rings. The van der Waals surface area contributed by atoms with Crippen molar-refractivity contribution in [3.8, 4) is 10.6 Å². The molecular weight excluding hydrogens is 460 g/mol. The Bertz CT molecular complexity index is 1260. The fourth-order valence-electron chi connectivity index (χ4n) is 4.32. The van der Waals surface area contributed by atoms with Crippen molar-refractivity contribution in [3.63, 3.8) is 0 Å². The molecule has 7 heteroatoms. The number of ether oxygens (including phenoxy) is 1. The monoisotopic (exact) mass is 490 g/mol. The van der Waals surface area contributed by atoms with Crippen LogP contribution >= 0.6 is 11.3 Å². The smallest absolute Gasteiger partial charge is 0.290 e. The van der Waals surface area contributed by atoms with Crippen LogP contribution in [0.25, 0.3) is 10.6 Å². The first-order valence-corrected chi connectivity index (χ1v) is 12.6. The molecule has 0 bridgehead atoms. The Morgan fingerprint density at radius 3 is 2.49 bits per heavy atom. The van der Waals surface area contributed by atoms with E-state index in [9.17, 15) is 14.7 Å². The van der Waals surface area contributed by atoms with Gasteiger partial charge in [-0.3, -0.25) is 9.59 Å². The minimum Gasteiger partial charge on any atom is -0.503 e. The van der Waals surface area contributed by atoms with Crippen LogP contribution in [0.5, 0.6) is 0 Å². The van der Waals surface area contributed by atoms with Crippen LogP contribution in [0.1, 0.15) is 52.8 Å². The average Bonchev–Trinajstić information content (AvgIpc) is 3.35. The topological polar surface area (TPSA) is 79.7 Å². The summed E-state index contributed by atoms with van der Waals surface area (Å²) in [5.74, 6) is -1.37. The number of benzene rings is 2. The minimum atomic E-state index is -0.670. The molecule has 0 spiro atoms. The molecule has 2 heterocycles. The molecule has 1 atom stereocenters. The van der Waals surface area contributed by atoms with Gasteiger partial charge in [-0.05, 0) is 45.2 Å². The van der Waals surface area contributed by atoms with Crippen LogP contribution < -0.4 is 0 Å². The first kappa shape index (κ1) is 24.8. The van der Waals surface area contributed by atoms with E-state index >= 15 is 0 Å². The summed E-state index contributed by atoms with van der Waals surface area (Å²) in [4.78, 5) is 33.7. The van der Waals surface area contributed by atoms with Gasteiger partial charge in [-0.25, -0.2) is 4.98 Å². The summed E-state index contributed by atoms with van der Waals surface area (Å²) in [5.41, 5.74) is 3.38. The number of amides is 1. The molecule has 4 rings (SSSR count). The zero-order valence-corrected chi connectivity index (χ0v) is 21.3. The van der Waals surface area contributed by atoms with Gasteiger partial charge in [-0.15, -0.1) is 11.3 Å². The SMILES string of the molecule is Cc1ccccc1C1C(C(=O)c2sc(-c3ccccc3)nc2C)=C(O)C(=O)N1CCCOC(C)C. The first-order chi connectivity index (χ1) is 16.8. The van der Waals surface area contributed by atoms with E-state index in [-0.39, 0.29) is 17.5 Å². The first-order valence-electron chi connectivity index (χ1n) is 11.8. The van der Waals surface area contributed by atoms with Gasteiger partial charge in [0.2, 0.25) is 5.78 Å². The van der Waals surface area contributed by atoms with Crippen molar-refractivity contribution in [1.82, 2.24) is 9.88 Å². The number of thiazole rings is 1. The van der Waals surface area contributed by atoms with E-state index in [2.05, 4.69) is 4.98 Å². The Kier molecular flexibility index (Phi) is 7.48. The van der Waals surface area contributed by atoms with Crippen molar-refractivity contribution in [2.75, 3.05) is 13.2 Å². The Morgan fingerprint density at radius 2 is 1.80 bits per heavy atom. The quantitative estimate of drug-likeness (QED) is 0.302. The summed E-state index contributed by atoms with van der Waals surface area (Å²) in [6.07, 6.45) is 0.687. The van der Waals surface area contributed by atoms with Crippen molar-refractivity contribution in [2.24, 2.45) is 0 Å². The maximum absolute atomic E-state index is 13.9. The van der Waals surface area contributed by atoms with Crippen LogP contribution in [0.4, 0.5) is 0 Å². The highest BCUT2D eigenvalue weighted by molar-refractivity contribution is 7.17. The summed E-state index contributed by atoms with van der Waals surface area (Å²) in [7, 11) is 0. The number of Topliss-reactive ketones (excluding diaryl/α,β-unsaturated/α-hetero) is 1. The van der Waals surface area contributed by atoms with Crippen molar-refractivity contribution in [1.29, 1.82) is 0 Å². The third kappa shape index (κ3) is 5.06. The Hall–Kier alpha value is -3.29. The minimum absolute atomic E-state index is 0.0909. The molecule has 0 radical (unpaired) electrons. The van der Waals surface area contributed by atoms with Crippen LogP contribution in [-0.4, -0.2) is 45.9 Å². The molecule has 2 aromatic carbocycles. The summed E-state index contributed by atoms with van der Waals surface area (Å²) in [5, 5.41) is 11.7. The van der Waals surface area contributed by atoms with Gasteiger partial charge in [0.15, 0.2) is 5.76 Å². The molecule has 6 nitrogen and oxygen atoms in total. The largest absolute Gasteiger partial charge is 0.503 e. The number of rotatable bonds is 9. The van der Waals surface area contributed by atoms with Gasteiger partial charge in [0.1, 0.15) is 5.01 Å². The molecule has 1 amide bonds. The van der Waals surface area contributed by atoms with Crippen LogP contribution in [0, 0.1) is 13.8 Å².